The van der Waals surface area contributed by atoms with Gasteiger partial charge in [-0.1, -0.05) is 42.4 Å². The summed E-state index contributed by atoms with van der Waals surface area (Å²) in [6.45, 7) is 1.81. The van der Waals surface area contributed by atoms with Gasteiger partial charge >= 0.3 is 5.97 Å². The van der Waals surface area contributed by atoms with Gasteiger partial charge in [0, 0.05) is 27.4 Å². The smallest absolute Gasteiger partial charge is 0.359 e. The van der Waals surface area contributed by atoms with Crippen LogP contribution >= 0.6 is 23.4 Å². The van der Waals surface area contributed by atoms with Gasteiger partial charge in [0.25, 0.3) is 11.5 Å². The molecule has 3 aromatic rings. The van der Waals surface area contributed by atoms with Crippen molar-refractivity contribution in [1.29, 1.82) is 0 Å². The highest BCUT2D eigenvalue weighted by Gasteiger charge is 2.14. The Bertz CT molecular complexity index is 1130. The van der Waals surface area contributed by atoms with E-state index < -0.39 is 18.5 Å². The van der Waals surface area contributed by atoms with Gasteiger partial charge in [-0.3, -0.25) is 9.59 Å². The molecule has 0 saturated heterocycles. The van der Waals surface area contributed by atoms with Gasteiger partial charge in [0.2, 0.25) is 0 Å². The van der Waals surface area contributed by atoms with Crippen LogP contribution in [0.3, 0.4) is 0 Å². The largest absolute Gasteiger partial charge is 0.451 e. The zero-order valence-electron chi connectivity index (χ0n) is 16.7. The van der Waals surface area contributed by atoms with E-state index in [1.165, 1.54) is 28.6 Å². The summed E-state index contributed by atoms with van der Waals surface area (Å²) in [6.07, 6.45) is 0.696. The van der Waals surface area contributed by atoms with Crippen LogP contribution in [0.4, 0.5) is 5.69 Å². The molecule has 2 aromatic carbocycles. The second kappa shape index (κ2) is 10.8. The lowest BCUT2D eigenvalue weighted by molar-refractivity contribution is -0.119. The van der Waals surface area contributed by atoms with E-state index in [1.807, 2.05) is 31.2 Å². The van der Waals surface area contributed by atoms with Crippen LogP contribution in [0, 0.1) is 0 Å². The number of benzene rings is 2. The SMILES string of the molecule is CCCn1nc(C(=O)OCC(=O)Nc2ccccc2Sc2ccc(Cl)cc2)ccc1=O. The molecule has 0 unspecified atom stereocenters. The molecule has 0 saturated carbocycles. The van der Waals surface area contributed by atoms with Crippen molar-refractivity contribution in [1.82, 2.24) is 9.78 Å². The number of ether oxygens (including phenoxy) is 1. The molecule has 1 heterocycles. The molecule has 1 aromatic heterocycles. The molecule has 1 amide bonds. The van der Waals surface area contributed by atoms with E-state index in [1.54, 1.807) is 24.3 Å². The molecule has 0 aliphatic rings. The Hall–Kier alpha value is -3.10. The van der Waals surface area contributed by atoms with E-state index in [9.17, 15) is 14.4 Å². The third-order valence-corrected chi connectivity index (χ3v) is 5.38. The van der Waals surface area contributed by atoms with E-state index in [0.29, 0.717) is 23.7 Å². The first kappa shape index (κ1) is 22.6. The average Bonchev–Trinajstić information content (AvgIpc) is 2.76. The number of esters is 1. The van der Waals surface area contributed by atoms with Crippen molar-refractivity contribution in [3.63, 3.8) is 0 Å². The number of nitrogens with one attached hydrogen (secondary N) is 1. The number of hydrogen-bond acceptors (Lipinski definition) is 6. The van der Waals surface area contributed by atoms with Gasteiger partial charge in [0.1, 0.15) is 0 Å². The fourth-order valence-corrected chi connectivity index (χ4v) is 3.64. The molecule has 0 bridgehead atoms. The van der Waals surface area contributed by atoms with Crippen LogP contribution in [-0.4, -0.2) is 28.3 Å². The zero-order chi connectivity index (χ0) is 22.2. The molecular formula is C22H20ClN3O4S. The first-order valence-electron chi connectivity index (χ1n) is 9.54. The van der Waals surface area contributed by atoms with Crippen molar-refractivity contribution in [3.05, 3.63) is 81.7 Å². The van der Waals surface area contributed by atoms with Crippen LogP contribution in [0.1, 0.15) is 23.8 Å². The van der Waals surface area contributed by atoms with Crippen molar-refractivity contribution in [2.75, 3.05) is 11.9 Å². The zero-order valence-corrected chi connectivity index (χ0v) is 18.3. The molecule has 0 aliphatic heterocycles. The summed E-state index contributed by atoms with van der Waals surface area (Å²) in [4.78, 5) is 38.0. The quantitative estimate of drug-likeness (QED) is 0.508. The third kappa shape index (κ3) is 6.44. The molecular weight excluding hydrogens is 438 g/mol. The number of hydrogen-bond donors (Lipinski definition) is 1. The summed E-state index contributed by atoms with van der Waals surface area (Å²) in [6, 6.07) is 17.2. The van der Waals surface area contributed by atoms with Gasteiger partial charge in [-0.25, -0.2) is 9.48 Å². The van der Waals surface area contributed by atoms with Crippen LogP contribution < -0.4 is 10.9 Å². The van der Waals surface area contributed by atoms with Gasteiger partial charge in [0.15, 0.2) is 12.3 Å². The number of para-hydroxylation sites is 1. The van der Waals surface area contributed by atoms with Crippen LogP contribution in [0.2, 0.25) is 5.02 Å². The van der Waals surface area contributed by atoms with Crippen LogP contribution in [-0.2, 0) is 16.1 Å². The van der Waals surface area contributed by atoms with Crippen molar-refractivity contribution in [2.45, 2.75) is 29.7 Å². The highest BCUT2D eigenvalue weighted by molar-refractivity contribution is 7.99. The Kier molecular flexibility index (Phi) is 7.86. The lowest BCUT2D eigenvalue weighted by Crippen LogP contribution is -2.26. The van der Waals surface area contributed by atoms with Gasteiger partial charge in [0.05, 0.1) is 5.69 Å². The van der Waals surface area contributed by atoms with Crippen molar-refractivity contribution >= 4 is 40.9 Å². The van der Waals surface area contributed by atoms with Crippen molar-refractivity contribution in [2.24, 2.45) is 0 Å². The van der Waals surface area contributed by atoms with Crippen molar-refractivity contribution in [3.8, 4) is 0 Å². The summed E-state index contributed by atoms with van der Waals surface area (Å²) in [7, 11) is 0. The highest BCUT2D eigenvalue weighted by atomic mass is 35.5. The monoisotopic (exact) mass is 457 g/mol. The summed E-state index contributed by atoms with van der Waals surface area (Å²) in [5.41, 5.74) is 0.267. The van der Waals surface area contributed by atoms with Gasteiger partial charge in [-0.05, 0) is 48.9 Å². The number of rotatable bonds is 8. The fourth-order valence-electron chi connectivity index (χ4n) is 2.61. The predicted molar refractivity (Wildman–Crippen MR) is 120 cm³/mol. The summed E-state index contributed by atoms with van der Waals surface area (Å²) >= 11 is 7.39. The lowest BCUT2D eigenvalue weighted by Gasteiger charge is -2.11. The Labute approximate surface area is 188 Å². The molecule has 9 heteroatoms. The number of nitrogens with zero attached hydrogens (tertiary/aromatic N) is 2. The average molecular weight is 458 g/mol. The van der Waals surface area contributed by atoms with E-state index in [0.717, 1.165) is 9.79 Å². The number of carbonyl (C=O) groups excluding carboxylic acids is 2. The minimum atomic E-state index is -0.774. The standard InChI is InChI=1S/C22H20ClN3O4S/c1-2-13-26-21(28)12-11-18(25-26)22(29)30-14-20(27)24-17-5-3-4-6-19(17)31-16-9-7-15(23)8-10-16/h3-12H,2,13-14H2,1H3,(H,24,27). The second-order valence-corrected chi connectivity index (χ2v) is 8.01. The molecule has 0 spiro atoms. The minimum Gasteiger partial charge on any atom is -0.451 e. The maximum absolute atomic E-state index is 12.3. The minimum absolute atomic E-state index is 0.0282. The molecule has 3 rings (SSSR count). The molecule has 0 fully saturated rings. The van der Waals surface area contributed by atoms with Gasteiger partial charge in [-0.2, -0.15) is 5.10 Å². The first-order valence-corrected chi connectivity index (χ1v) is 10.7. The number of aryl methyl sites for hydroxylation is 1. The molecule has 160 valence electrons. The summed E-state index contributed by atoms with van der Waals surface area (Å²) < 4.78 is 6.25. The molecule has 31 heavy (non-hydrogen) atoms. The van der Waals surface area contributed by atoms with Crippen LogP contribution in [0.15, 0.2) is 75.2 Å². The van der Waals surface area contributed by atoms with Crippen LogP contribution in [0.5, 0.6) is 0 Å². The predicted octanol–water partition coefficient (Wildman–Crippen LogP) is 4.25. The molecule has 0 atom stereocenters. The maximum atomic E-state index is 12.3. The maximum Gasteiger partial charge on any atom is 0.359 e. The molecule has 1 N–H and O–H groups in total. The van der Waals surface area contributed by atoms with Gasteiger partial charge in [-0.15, -0.1) is 0 Å². The number of amides is 1. The number of carbonyl (C=O) groups is 2. The van der Waals surface area contributed by atoms with Gasteiger partial charge < -0.3 is 10.1 Å². The number of halogens is 1. The van der Waals surface area contributed by atoms with E-state index in [-0.39, 0.29) is 11.3 Å². The Balaban J connectivity index is 1.61. The summed E-state index contributed by atoms with van der Waals surface area (Å²) in [5, 5.41) is 7.37. The number of aromatic nitrogens is 2. The first-order chi connectivity index (χ1) is 15.0. The fraction of sp³-hybridized carbons (Fsp3) is 0.182. The summed E-state index contributed by atoms with van der Waals surface area (Å²) in [5.74, 6) is -1.26. The Morgan fingerprint density at radius 3 is 2.58 bits per heavy atom. The normalized spacial score (nSPS) is 10.5. The Morgan fingerprint density at radius 2 is 1.84 bits per heavy atom. The second-order valence-electron chi connectivity index (χ2n) is 6.46. The molecule has 7 nitrogen and oxygen atoms in total. The van der Waals surface area contributed by atoms with E-state index >= 15 is 0 Å². The molecule has 0 aliphatic carbocycles. The number of anilines is 1. The van der Waals surface area contributed by atoms with E-state index in [2.05, 4.69) is 10.4 Å². The van der Waals surface area contributed by atoms with Crippen LogP contribution in [0.25, 0.3) is 0 Å². The lowest BCUT2D eigenvalue weighted by atomic mass is 10.3. The highest BCUT2D eigenvalue weighted by Crippen LogP contribution is 2.33. The van der Waals surface area contributed by atoms with Crippen molar-refractivity contribution < 1.29 is 14.3 Å². The van der Waals surface area contributed by atoms with E-state index in [4.69, 9.17) is 16.3 Å². The topological polar surface area (TPSA) is 90.3 Å². The molecule has 0 radical (unpaired) electrons. The Morgan fingerprint density at radius 1 is 1.10 bits per heavy atom. The third-order valence-electron chi connectivity index (χ3n) is 4.05.